The average Bonchev–Trinajstić information content (AvgIpc) is 2.71. The van der Waals surface area contributed by atoms with Crippen molar-refractivity contribution in [3.05, 3.63) is 60.7 Å². The molecule has 4 rings (SSSR count). The molecule has 2 aromatic carbocycles. The van der Waals surface area contributed by atoms with E-state index in [0.29, 0.717) is 28.7 Å². The van der Waals surface area contributed by atoms with Gasteiger partial charge in [0, 0.05) is 10.8 Å². The molecule has 0 atom stereocenters. The highest BCUT2D eigenvalue weighted by atomic mass is 16.5. The zero-order chi connectivity index (χ0) is 20.2. The minimum Gasteiger partial charge on any atom is -0.483 e. The summed E-state index contributed by atoms with van der Waals surface area (Å²) in [5.41, 5.74) is 12.8. The number of fused-ring (bicyclic) bond motifs is 2. The zero-order valence-corrected chi connectivity index (χ0v) is 15.5. The summed E-state index contributed by atoms with van der Waals surface area (Å²) in [6.07, 6.45) is 0. The second kappa shape index (κ2) is 7.89. The van der Waals surface area contributed by atoms with Crippen LogP contribution >= 0.6 is 0 Å². The van der Waals surface area contributed by atoms with E-state index in [9.17, 15) is 4.79 Å². The summed E-state index contributed by atoms with van der Waals surface area (Å²) in [5.74, 6) is 1.72. The van der Waals surface area contributed by atoms with Crippen molar-refractivity contribution in [3.8, 4) is 11.5 Å². The van der Waals surface area contributed by atoms with E-state index in [1.807, 2.05) is 30.3 Å². The standard InChI is InChI=1S/C21H19N5O3/c22-19-9-7-13-15(25-19)3-1-5-17(13)28-11-21(27)24-12-29-18-6-2-4-16-14(18)8-10-20(23)26-16/h1-10H,11-12H2,(H2,22,25)(H2,23,26)(H,24,27). The number of nitrogens with one attached hydrogen (secondary N) is 1. The van der Waals surface area contributed by atoms with Crippen LogP contribution in [0.3, 0.4) is 0 Å². The predicted molar refractivity (Wildman–Crippen MR) is 111 cm³/mol. The van der Waals surface area contributed by atoms with Crippen LogP contribution < -0.4 is 26.3 Å². The Morgan fingerprint density at radius 2 is 1.34 bits per heavy atom. The molecule has 0 fully saturated rings. The van der Waals surface area contributed by atoms with Crippen molar-refractivity contribution in [1.82, 2.24) is 15.3 Å². The molecule has 0 aliphatic carbocycles. The van der Waals surface area contributed by atoms with E-state index in [2.05, 4.69) is 15.3 Å². The molecular weight excluding hydrogens is 370 g/mol. The van der Waals surface area contributed by atoms with E-state index in [4.69, 9.17) is 20.9 Å². The number of nitrogens with zero attached hydrogens (tertiary/aromatic N) is 2. The summed E-state index contributed by atoms with van der Waals surface area (Å²) in [6.45, 7) is -0.153. The lowest BCUT2D eigenvalue weighted by Crippen LogP contribution is -2.32. The molecule has 4 aromatic rings. The topological polar surface area (TPSA) is 125 Å². The van der Waals surface area contributed by atoms with E-state index in [1.54, 1.807) is 30.3 Å². The zero-order valence-electron chi connectivity index (χ0n) is 15.5. The van der Waals surface area contributed by atoms with Crippen LogP contribution in [0.15, 0.2) is 60.7 Å². The highest BCUT2D eigenvalue weighted by Crippen LogP contribution is 2.26. The fourth-order valence-electron chi connectivity index (χ4n) is 2.93. The normalized spacial score (nSPS) is 10.8. The van der Waals surface area contributed by atoms with Gasteiger partial charge >= 0.3 is 0 Å². The lowest BCUT2D eigenvalue weighted by Gasteiger charge is -2.12. The summed E-state index contributed by atoms with van der Waals surface area (Å²) >= 11 is 0. The fraction of sp³-hybridized carbons (Fsp3) is 0.0952. The largest absolute Gasteiger partial charge is 0.483 e. The van der Waals surface area contributed by atoms with Crippen LogP contribution in [0, 0.1) is 0 Å². The molecule has 0 spiro atoms. The van der Waals surface area contributed by atoms with Gasteiger partial charge in [-0.3, -0.25) is 4.79 Å². The summed E-state index contributed by atoms with van der Waals surface area (Å²) in [7, 11) is 0. The Balaban J connectivity index is 1.35. The highest BCUT2D eigenvalue weighted by molar-refractivity contribution is 5.87. The third kappa shape index (κ3) is 4.11. The third-order valence-electron chi connectivity index (χ3n) is 4.28. The van der Waals surface area contributed by atoms with Crippen LogP contribution in [-0.2, 0) is 4.79 Å². The number of benzene rings is 2. The van der Waals surface area contributed by atoms with Gasteiger partial charge in [0.05, 0.1) is 11.0 Å². The number of carbonyl (C=O) groups is 1. The van der Waals surface area contributed by atoms with Crippen molar-refractivity contribution in [2.24, 2.45) is 0 Å². The molecule has 146 valence electrons. The molecule has 2 heterocycles. The van der Waals surface area contributed by atoms with Crippen molar-refractivity contribution >= 4 is 39.3 Å². The van der Waals surface area contributed by atoms with Crippen LogP contribution in [0.5, 0.6) is 11.5 Å². The average molecular weight is 389 g/mol. The van der Waals surface area contributed by atoms with Gasteiger partial charge < -0.3 is 26.3 Å². The highest BCUT2D eigenvalue weighted by Gasteiger charge is 2.08. The Morgan fingerprint density at radius 3 is 1.93 bits per heavy atom. The first-order valence-corrected chi connectivity index (χ1v) is 8.93. The monoisotopic (exact) mass is 389 g/mol. The maximum atomic E-state index is 12.1. The molecule has 8 nitrogen and oxygen atoms in total. The number of rotatable bonds is 6. The van der Waals surface area contributed by atoms with E-state index in [0.717, 1.165) is 16.3 Å². The molecule has 0 unspecified atom stereocenters. The molecule has 0 saturated heterocycles. The van der Waals surface area contributed by atoms with Crippen LogP contribution in [0.4, 0.5) is 11.6 Å². The summed E-state index contributed by atoms with van der Waals surface area (Å²) in [6, 6.07) is 17.9. The van der Waals surface area contributed by atoms with Gasteiger partial charge in [0.1, 0.15) is 23.1 Å². The summed E-state index contributed by atoms with van der Waals surface area (Å²) < 4.78 is 11.3. The number of hydrogen-bond donors (Lipinski definition) is 3. The number of nitrogen functional groups attached to an aromatic ring is 2. The second-order valence-electron chi connectivity index (χ2n) is 6.30. The minimum atomic E-state index is -0.312. The number of hydrogen-bond acceptors (Lipinski definition) is 7. The molecule has 5 N–H and O–H groups in total. The molecule has 0 aliphatic rings. The molecule has 0 radical (unpaired) electrons. The van der Waals surface area contributed by atoms with Crippen molar-refractivity contribution in [2.75, 3.05) is 24.8 Å². The first-order valence-electron chi connectivity index (χ1n) is 8.93. The van der Waals surface area contributed by atoms with Crippen molar-refractivity contribution < 1.29 is 14.3 Å². The van der Waals surface area contributed by atoms with Gasteiger partial charge in [0.2, 0.25) is 0 Å². The minimum absolute atomic E-state index is 0.000685. The van der Waals surface area contributed by atoms with E-state index >= 15 is 0 Å². The Bertz CT molecular complexity index is 1200. The van der Waals surface area contributed by atoms with Crippen molar-refractivity contribution in [2.45, 2.75) is 0 Å². The summed E-state index contributed by atoms with van der Waals surface area (Å²) in [5, 5.41) is 4.27. The van der Waals surface area contributed by atoms with Gasteiger partial charge in [-0.05, 0) is 48.5 Å². The van der Waals surface area contributed by atoms with Crippen molar-refractivity contribution in [1.29, 1.82) is 0 Å². The molecular formula is C21H19N5O3. The Labute approximate surface area is 166 Å². The van der Waals surface area contributed by atoms with Crippen molar-refractivity contribution in [3.63, 3.8) is 0 Å². The van der Waals surface area contributed by atoms with E-state index in [1.165, 1.54) is 0 Å². The first kappa shape index (κ1) is 18.3. The van der Waals surface area contributed by atoms with E-state index in [-0.39, 0.29) is 19.2 Å². The lowest BCUT2D eigenvalue weighted by atomic mass is 10.2. The van der Waals surface area contributed by atoms with Gasteiger partial charge in [0.25, 0.3) is 5.91 Å². The maximum Gasteiger partial charge on any atom is 0.260 e. The number of pyridine rings is 2. The number of nitrogens with two attached hydrogens (primary N) is 2. The summed E-state index contributed by atoms with van der Waals surface area (Å²) in [4.78, 5) is 20.6. The van der Waals surface area contributed by atoms with Gasteiger partial charge in [-0.1, -0.05) is 12.1 Å². The first-order chi connectivity index (χ1) is 14.1. The van der Waals surface area contributed by atoms with Crippen LogP contribution in [0.1, 0.15) is 0 Å². The van der Waals surface area contributed by atoms with Gasteiger partial charge in [-0.15, -0.1) is 0 Å². The quantitative estimate of drug-likeness (QED) is 0.433. The predicted octanol–water partition coefficient (Wildman–Crippen LogP) is 2.48. The van der Waals surface area contributed by atoms with E-state index < -0.39 is 0 Å². The number of aromatic nitrogens is 2. The van der Waals surface area contributed by atoms with Crippen LogP contribution in [-0.4, -0.2) is 29.2 Å². The van der Waals surface area contributed by atoms with Gasteiger partial charge in [0.15, 0.2) is 13.3 Å². The number of carbonyl (C=O) groups excluding carboxylic acids is 1. The third-order valence-corrected chi connectivity index (χ3v) is 4.28. The molecule has 0 bridgehead atoms. The molecule has 0 saturated carbocycles. The molecule has 8 heteroatoms. The maximum absolute atomic E-state index is 12.1. The molecule has 2 aromatic heterocycles. The number of anilines is 2. The Kier molecular flexibility index (Phi) is 4.98. The Hall–Kier alpha value is -4.07. The number of amides is 1. The SMILES string of the molecule is Nc1ccc2c(OCNC(=O)COc3cccc4nc(N)ccc34)cccc2n1. The van der Waals surface area contributed by atoms with Crippen LogP contribution in [0.2, 0.25) is 0 Å². The van der Waals surface area contributed by atoms with Gasteiger partial charge in [-0.2, -0.15) is 0 Å². The lowest BCUT2D eigenvalue weighted by molar-refractivity contribution is -0.123. The number of ether oxygens (including phenoxy) is 2. The van der Waals surface area contributed by atoms with Crippen LogP contribution in [0.25, 0.3) is 21.8 Å². The molecule has 29 heavy (non-hydrogen) atoms. The molecule has 0 aliphatic heterocycles. The molecule has 1 amide bonds. The Morgan fingerprint density at radius 1 is 0.793 bits per heavy atom. The second-order valence-corrected chi connectivity index (χ2v) is 6.30. The fourth-order valence-corrected chi connectivity index (χ4v) is 2.93. The smallest absolute Gasteiger partial charge is 0.260 e. The van der Waals surface area contributed by atoms with Gasteiger partial charge in [-0.25, -0.2) is 9.97 Å².